The van der Waals surface area contributed by atoms with Crippen molar-refractivity contribution in [3.63, 3.8) is 0 Å². The molecule has 2 aromatic carbocycles. The van der Waals surface area contributed by atoms with Crippen LogP contribution in [0.15, 0.2) is 42.5 Å². The van der Waals surface area contributed by atoms with Crippen LogP contribution in [-0.2, 0) is 4.79 Å². The third-order valence-corrected chi connectivity index (χ3v) is 3.65. The fourth-order valence-electron chi connectivity index (χ4n) is 2.27. The van der Waals surface area contributed by atoms with Crippen molar-refractivity contribution in [3.05, 3.63) is 47.5 Å². The Labute approximate surface area is 153 Å². The Kier molecular flexibility index (Phi) is 6.95. The molecule has 0 radical (unpaired) electrons. The van der Waals surface area contributed by atoms with Gasteiger partial charge in [-0.1, -0.05) is 17.7 Å². The number of halogens is 1. The molecule has 0 aliphatic carbocycles. The second-order valence-corrected chi connectivity index (χ2v) is 5.83. The lowest BCUT2D eigenvalue weighted by molar-refractivity contribution is -0.116. The van der Waals surface area contributed by atoms with Crippen LogP contribution in [-0.4, -0.2) is 25.2 Å². The van der Waals surface area contributed by atoms with Gasteiger partial charge in [-0.15, -0.1) is 0 Å². The van der Waals surface area contributed by atoms with Crippen molar-refractivity contribution in [2.75, 3.05) is 23.8 Å². The highest BCUT2D eigenvalue weighted by atomic mass is 35.5. The number of hydrogen-bond donors (Lipinski definition) is 2. The molecule has 0 unspecified atom stereocenters. The molecule has 0 saturated carbocycles. The average Bonchev–Trinajstić information content (AvgIpc) is 2.57. The minimum absolute atomic E-state index is 0.158. The van der Waals surface area contributed by atoms with Crippen molar-refractivity contribution in [2.45, 2.75) is 26.8 Å². The maximum atomic E-state index is 12.3. The van der Waals surface area contributed by atoms with E-state index in [1.807, 2.05) is 32.0 Å². The van der Waals surface area contributed by atoms with Crippen LogP contribution >= 0.6 is 11.6 Å². The second kappa shape index (κ2) is 9.18. The summed E-state index contributed by atoms with van der Waals surface area (Å²) in [6.07, 6.45) is 0. The lowest BCUT2D eigenvalue weighted by Gasteiger charge is -2.17. The molecule has 0 aliphatic rings. The quantitative estimate of drug-likeness (QED) is 0.721. The maximum absolute atomic E-state index is 12.3. The Morgan fingerprint density at radius 3 is 2.44 bits per heavy atom. The highest BCUT2D eigenvalue weighted by Gasteiger charge is 2.14. The van der Waals surface area contributed by atoms with Gasteiger partial charge in [0.2, 0.25) is 5.91 Å². The van der Waals surface area contributed by atoms with E-state index in [0.29, 0.717) is 35.4 Å². The Bertz CT molecular complexity index is 722. The van der Waals surface area contributed by atoms with Gasteiger partial charge in [0, 0.05) is 22.5 Å². The van der Waals surface area contributed by atoms with E-state index in [0.717, 1.165) is 5.69 Å². The Hall–Kier alpha value is -2.40. The summed E-state index contributed by atoms with van der Waals surface area (Å²) in [6, 6.07) is 12.1. The summed E-state index contributed by atoms with van der Waals surface area (Å²) in [5, 5.41) is 6.57. The van der Waals surface area contributed by atoms with Gasteiger partial charge >= 0.3 is 0 Å². The molecule has 25 heavy (non-hydrogen) atoms. The maximum Gasteiger partial charge on any atom is 0.246 e. The summed E-state index contributed by atoms with van der Waals surface area (Å²) >= 11 is 5.93. The smallest absolute Gasteiger partial charge is 0.246 e. The van der Waals surface area contributed by atoms with Crippen LogP contribution in [0, 0.1) is 0 Å². The first-order valence-corrected chi connectivity index (χ1v) is 8.63. The molecule has 2 aromatic rings. The molecule has 0 spiro atoms. The molecule has 5 nitrogen and oxygen atoms in total. The van der Waals surface area contributed by atoms with Gasteiger partial charge in [0.05, 0.1) is 13.2 Å². The fraction of sp³-hybridized carbons (Fsp3) is 0.316. The SMILES string of the molecule is CCOc1ccc(N[C@H](C)C(=O)Nc2cccc(Cl)c2)cc1OCC. The van der Waals surface area contributed by atoms with E-state index < -0.39 is 6.04 Å². The van der Waals surface area contributed by atoms with Crippen molar-refractivity contribution in [1.29, 1.82) is 0 Å². The number of amides is 1. The summed E-state index contributed by atoms with van der Waals surface area (Å²) in [5.74, 6) is 1.18. The van der Waals surface area contributed by atoms with E-state index in [-0.39, 0.29) is 5.91 Å². The van der Waals surface area contributed by atoms with Crippen molar-refractivity contribution in [3.8, 4) is 11.5 Å². The summed E-state index contributed by atoms with van der Waals surface area (Å²) in [5.41, 5.74) is 1.44. The number of anilines is 2. The van der Waals surface area contributed by atoms with Gasteiger partial charge < -0.3 is 20.1 Å². The van der Waals surface area contributed by atoms with Crippen LogP contribution < -0.4 is 20.1 Å². The molecular weight excluding hydrogens is 340 g/mol. The monoisotopic (exact) mass is 362 g/mol. The van der Waals surface area contributed by atoms with E-state index in [1.54, 1.807) is 31.2 Å². The molecule has 0 saturated heterocycles. The zero-order valence-electron chi connectivity index (χ0n) is 14.6. The first-order valence-electron chi connectivity index (χ1n) is 8.26. The van der Waals surface area contributed by atoms with Gasteiger partial charge in [0.1, 0.15) is 6.04 Å². The van der Waals surface area contributed by atoms with Crippen LogP contribution in [0.3, 0.4) is 0 Å². The molecule has 1 amide bonds. The van der Waals surface area contributed by atoms with E-state index in [9.17, 15) is 4.79 Å². The van der Waals surface area contributed by atoms with E-state index in [4.69, 9.17) is 21.1 Å². The Morgan fingerprint density at radius 2 is 1.76 bits per heavy atom. The van der Waals surface area contributed by atoms with Crippen molar-refractivity contribution >= 4 is 28.9 Å². The van der Waals surface area contributed by atoms with Crippen LogP contribution in [0.1, 0.15) is 20.8 Å². The summed E-state index contributed by atoms with van der Waals surface area (Å²) in [7, 11) is 0. The molecule has 6 heteroatoms. The second-order valence-electron chi connectivity index (χ2n) is 5.39. The lowest BCUT2D eigenvalue weighted by Crippen LogP contribution is -2.31. The zero-order valence-corrected chi connectivity index (χ0v) is 15.4. The number of hydrogen-bond acceptors (Lipinski definition) is 4. The van der Waals surface area contributed by atoms with Crippen LogP contribution in [0.25, 0.3) is 0 Å². The molecule has 2 rings (SSSR count). The van der Waals surface area contributed by atoms with Gasteiger partial charge in [0.15, 0.2) is 11.5 Å². The van der Waals surface area contributed by atoms with Gasteiger partial charge in [0.25, 0.3) is 0 Å². The van der Waals surface area contributed by atoms with Gasteiger partial charge in [-0.2, -0.15) is 0 Å². The first kappa shape index (κ1) is 18.9. The topological polar surface area (TPSA) is 59.6 Å². The molecule has 2 N–H and O–H groups in total. The lowest BCUT2D eigenvalue weighted by atomic mass is 10.2. The predicted octanol–water partition coefficient (Wildman–Crippen LogP) is 4.58. The van der Waals surface area contributed by atoms with E-state index in [2.05, 4.69) is 10.6 Å². The van der Waals surface area contributed by atoms with Crippen molar-refractivity contribution < 1.29 is 14.3 Å². The molecule has 0 aliphatic heterocycles. The Morgan fingerprint density at radius 1 is 1.04 bits per heavy atom. The molecule has 0 fully saturated rings. The number of carbonyl (C=O) groups excluding carboxylic acids is 1. The molecule has 0 bridgehead atoms. The van der Waals surface area contributed by atoms with Crippen LogP contribution in [0.4, 0.5) is 11.4 Å². The summed E-state index contributed by atoms with van der Waals surface area (Å²) < 4.78 is 11.1. The van der Waals surface area contributed by atoms with Crippen LogP contribution in [0.2, 0.25) is 5.02 Å². The fourth-order valence-corrected chi connectivity index (χ4v) is 2.46. The minimum atomic E-state index is -0.439. The third kappa shape index (κ3) is 5.57. The van der Waals surface area contributed by atoms with Gasteiger partial charge in [-0.3, -0.25) is 4.79 Å². The summed E-state index contributed by atoms with van der Waals surface area (Å²) in [4.78, 5) is 12.3. The number of nitrogens with one attached hydrogen (secondary N) is 2. The average molecular weight is 363 g/mol. The largest absolute Gasteiger partial charge is 0.490 e. The molecule has 0 heterocycles. The van der Waals surface area contributed by atoms with Gasteiger partial charge in [-0.05, 0) is 51.1 Å². The minimum Gasteiger partial charge on any atom is -0.490 e. The Balaban J connectivity index is 2.04. The normalized spacial score (nSPS) is 11.5. The van der Waals surface area contributed by atoms with Gasteiger partial charge in [-0.25, -0.2) is 0 Å². The van der Waals surface area contributed by atoms with Crippen LogP contribution in [0.5, 0.6) is 11.5 Å². The number of rotatable bonds is 8. The predicted molar refractivity (Wildman–Crippen MR) is 102 cm³/mol. The molecule has 0 aromatic heterocycles. The van der Waals surface area contributed by atoms with Crippen molar-refractivity contribution in [1.82, 2.24) is 0 Å². The molecular formula is C19H23ClN2O3. The first-order chi connectivity index (χ1) is 12.0. The number of benzene rings is 2. The highest BCUT2D eigenvalue weighted by molar-refractivity contribution is 6.30. The van der Waals surface area contributed by atoms with E-state index in [1.165, 1.54) is 0 Å². The number of ether oxygens (including phenoxy) is 2. The summed E-state index contributed by atoms with van der Waals surface area (Å²) in [6.45, 7) is 6.72. The standard InChI is InChI=1S/C19H23ClN2O3/c1-4-24-17-10-9-16(12-18(17)25-5-2)21-13(3)19(23)22-15-8-6-7-14(20)11-15/h6-13,21H,4-5H2,1-3H3,(H,22,23)/t13-/m1/s1. The van der Waals surface area contributed by atoms with E-state index >= 15 is 0 Å². The highest BCUT2D eigenvalue weighted by Crippen LogP contribution is 2.31. The molecule has 1 atom stereocenters. The molecule has 134 valence electrons. The zero-order chi connectivity index (χ0) is 18.2. The third-order valence-electron chi connectivity index (χ3n) is 3.41. The van der Waals surface area contributed by atoms with Crippen molar-refractivity contribution in [2.24, 2.45) is 0 Å². The number of carbonyl (C=O) groups is 1.